The average molecular weight is 244 g/mol. The van der Waals surface area contributed by atoms with E-state index in [2.05, 4.69) is 0 Å². The van der Waals surface area contributed by atoms with Crippen LogP contribution in [0.15, 0.2) is 0 Å². The standard InChI is InChI=1S/ClH.5H2O.Sn/h1H;5*1H2;/q;;;;;;+4/p-1. The SMILES string of the molecule is O.O.O.O.O.[Cl-].[Sn+4]. The van der Waals surface area contributed by atoms with Gasteiger partial charge in [-0.1, -0.05) is 0 Å². The first-order valence-electron chi connectivity index (χ1n) is 0. The summed E-state index contributed by atoms with van der Waals surface area (Å²) < 4.78 is 0. The van der Waals surface area contributed by atoms with Crippen LogP contribution in [0.1, 0.15) is 0 Å². The fraction of sp³-hybridized carbons (Fsp3) is 0. The molecule has 0 radical (unpaired) electrons. The van der Waals surface area contributed by atoms with Gasteiger partial charge >= 0.3 is 23.9 Å². The summed E-state index contributed by atoms with van der Waals surface area (Å²) in [6.07, 6.45) is 0. The first-order valence-corrected chi connectivity index (χ1v) is 0. The quantitative estimate of drug-likeness (QED) is 0.371. The molecule has 10 N–H and O–H groups in total. The van der Waals surface area contributed by atoms with Crippen LogP contribution in [0, 0.1) is 0 Å². The normalized spacial score (nSPS) is 0. The molecule has 0 aliphatic rings. The van der Waals surface area contributed by atoms with Gasteiger partial charge in [-0.3, -0.25) is 0 Å². The maximum Gasteiger partial charge on any atom is 4.00 e. The minimum atomic E-state index is 0. The number of hydrogen-bond acceptors (Lipinski definition) is 0. The summed E-state index contributed by atoms with van der Waals surface area (Å²) in [7, 11) is 0. The predicted octanol–water partition coefficient (Wildman–Crippen LogP) is -7.50. The van der Waals surface area contributed by atoms with E-state index in [0.717, 1.165) is 0 Å². The van der Waals surface area contributed by atoms with E-state index in [-0.39, 0.29) is 63.7 Å². The zero-order valence-electron chi connectivity index (χ0n) is 3.38. The Kier molecular flexibility index (Phi) is 20500. The molecule has 7 heavy (non-hydrogen) atoms. The molecule has 0 fully saturated rings. The Morgan fingerprint density at radius 3 is 0.429 bits per heavy atom. The molecule has 48 valence electrons. The van der Waals surface area contributed by atoms with Gasteiger partial charge in [0.05, 0.1) is 0 Å². The number of hydrogen-bond donors (Lipinski definition) is 0. The van der Waals surface area contributed by atoms with Crippen LogP contribution in [0.2, 0.25) is 0 Å². The second-order valence-electron chi connectivity index (χ2n) is 0. The fourth-order valence-corrected chi connectivity index (χ4v) is 0. The van der Waals surface area contributed by atoms with Crippen molar-refractivity contribution in [2.45, 2.75) is 0 Å². The molecule has 5 nitrogen and oxygen atoms in total. The van der Waals surface area contributed by atoms with Gasteiger partial charge < -0.3 is 39.8 Å². The van der Waals surface area contributed by atoms with Crippen LogP contribution in [0.3, 0.4) is 0 Å². The Bertz CT molecular complexity index is 8.04. The fourth-order valence-electron chi connectivity index (χ4n) is 0. The Balaban J connectivity index is 0. The molecule has 0 atom stereocenters. The molecule has 0 spiro atoms. The summed E-state index contributed by atoms with van der Waals surface area (Å²) in [5.74, 6) is 0. The van der Waals surface area contributed by atoms with Gasteiger partial charge in [0.1, 0.15) is 0 Å². The molecule has 7 heteroatoms. The van der Waals surface area contributed by atoms with Crippen LogP contribution in [-0.2, 0) is 0 Å². The second-order valence-corrected chi connectivity index (χ2v) is 0. The van der Waals surface area contributed by atoms with Crippen molar-refractivity contribution in [3.63, 3.8) is 0 Å². The monoisotopic (exact) mass is 245 g/mol. The summed E-state index contributed by atoms with van der Waals surface area (Å²) in [5, 5.41) is 0. The van der Waals surface area contributed by atoms with Gasteiger partial charge in [0.2, 0.25) is 0 Å². The molecule has 0 aliphatic heterocycles. The third-order valence-electron chi connectivity index (χ3n) is 0. The van der Waals surface area contributed by atoms with Gasteiger partial charge in [-0.15, -0.1) is 0 Å². The zero-order chi connectivity index (χ0) is 0. The van der Waals surface area contributed by atoms with E-state index < -0.39 is 0 Å². The third kappa shape index (κ3) is 208. The van der Waals surface area contributed by atoms with Crippen molar-refractivity contribution >= 4 is 23.9 Å². The zero-order valence-corrected chi connectivity index (χ0v) is 6.99. The maximum atomic E-state index is 0. The van der Waals surface area contributed by atoms with Crippen LogP contribution < -0.4 is 12.4 Å². The first kappa shape index (κ1) is 474. The van der Waals surface area contributed by atoms with E-state index >= 15 is 0 Å². The van der Waals surface area contributed by atoms with Crippen molar-refractivity contribution < 1.29 is 39.8 Å². The minimum Gasteiger partial charge on any atom is -1.00 e. The second kappa shape index (κ2) is 302. The van der Waals surface area contributed by atoms with E-state index in [0.29, 0.717) is 0 Å². The van der Waals surface area contributed by atoms with Gasteiger partial charge in [0.25, 0.3) is 0 Å². The van der Waals surface area contributed by atoms with Crippen molar-refractivity contribution in [3.05, 3.63) is 0 Å². The van der Waals surface area contributed by atoms with Gasteiger partial charge in [-0.25, -0.2) is 0 Å². The van der Waals surface area contributed by atoms with E-state index in [1.54, 1.807) is 0 Å². The van der Waals surface area contributed by atoms with Gasteiger partial charge in [-0.05, 0) is 0 Å². The average Bonchev–Trinajstić information content (AvgIpc) is 0. The summed E-state index contributed by atoms with van der Waals surface area (Å²) in [5.41, 5.74) is 0. The Hall–Kier alpha value is 0.889. The smallest absolute Gasteiger partial charge is 1.00 e. The van der Waals surface area contributed by atoms with E-state index in [1.165, 1.54) is 0 Å². The van der Waals surface area contributed by atoms with Crippen LogP contribution in [-0.4, -0.2) is 51.3 Å². The maximum absolute atomic E-state index is 0. The number of rotatable bonds is 0. The van der Waals surface area contributed by atoms with Crippen molar-refractivity contribution in [1.82, 2.24) is 0 Å². The molecule has 0 aliphatic carbocycles. The molecule has 0 bridgehead atoms. The van der Waals surface area contributed by atoms with Crippen LogP contribution in [0.5, 0.6) is 0 Å². The Morgan fingerprint density at radius 2 is 0.429 bits per heavy atom. The van der Waals surface area contributed by atoms with Gasteiger partial charge in [0, 0.05) is 0 Å². The van der Waals surface area contributed by atoms with E-state index in [4.69, 9.17) is 0 Å². The predicted molar refractivity (Wildman–Crippen MR) is 23.8 cm³/mol. The molecule has 0 saturated heterocycles. The molecule has 0 amide bonds. The molecule has 0 rings (SSSR count). The van der Waals surface area contributed by atoms with E-state index in [9.17, 15) is 0 Å². The van der Waals surface area contributed by atoms with Crippen LogP contribution in [0.4, 0.5) is 0 Å². The van der Waals surface area contributed by atoms with Gasteiger partial charge in [-0.2, -0.15) is 0 Å². The summed E-state index contributed by atoms with van der Waals surface area (Å²) in [6.45, 7) is 0. The molecule has 0 aromatic heterocycles. The topological polar surface area (TPSA) is 158 Å². The molecule has 0 saturated carbocycles. The summed E-state index contributed by atoms with van der Waals surface area (Å²) >= 11 is 0. The Labute approximate surface area is 64.0 Å². The molecule has 0 aromatic carbocycles. The van der Waals surface area contributed by atoms with Crippen molar-refractivity contribution in [2.24, 2.45) is 0 Å². The van der Waals surface area contributed by atoms with Crippen LogP contribution >= 0.6 is 0 Å². The summed E-state index contributed by atoms with van der Waals surface area (Å²) in [4.78, 5) is 0. The Morgan fingerprint density at radius 1 is 0.429 bits per heavy atom. The van der Waals surface area contributed by atoms with Crippen molar-refractivity contribution in [2.75, 3.05) is 0 Å². The van der Waals surface area contributed by atoms with E-state index in [1.807, 2.05) is 0 Å². The van der Waals surface area contributed by atoms with Crippen molar-refractivity contribution in [1.29, 1.82) is 0 Å². The first-order chi connectivity index (χ1) is 0. The van der Waals surface area contributed by atoms with Gasteiger partial charge in [0.15, 0.2) is 0 Å². The minimum absolute atomic E-state index is 0. The molecule has 0 aromatic rings. The molecular formula is H10ClO5Sn+3. The largest absolute Gasteiger partial charge is 4.00 e. The van der Waals surface area contributed by atoms with Crippen molar-refractivity contribution in [3.8, 4) is 0 Å². The number of halogens is 1. The molecular weight excluding hydrogens is 234 g/mol. The molecule has 0 unspecified atom stereocenters. The summed E-state index contributed by atoms with van der Waals surface area (Å²) in [6, 6.07) is 0. The van der Waals surface area contributed by atoms with Crippen LogP contribution in [0.25, 0.3) is 0 Å². The third-order valence-corrected chi connectivity index (χ3v) is 0. The molecule has 0 heterocycles.